The van der Waals surface area contributed by atoms with Crippen molar-refractivity contribution in [2.45, 2.75) is 52.2 Å². The van der Waals surface area contributed by atoms with E-state index in [0.717, 1.165) is 32.5 Å². The van der Waals surface area contributed by atoms with Crippen LogP contribution in [0.25, 0.3) is 10.9 Å². The van der Waals surface area contributed by atoms with E-state index < -0.39 is 0 Å². The van der Waals surface area contributed by atoms with E-state index in [9.17, 15) is 0 Å². The van der Waals surface area contributed by atoms with Crippen LogP contribution in [0.5, 0.6) is 0 Å². The van der Waals surface area contributed by atoms with Gasteiger partial charge in [-0.15, -0.1) is 0 Å². The van der Waals surface area contributed by atoms with E-state index in [1.165, 1.54) is 27.7 Å². The Bertz CT molecular complexity index is 814. The van der Waals surface area contributed by atoms with Gasteiger partial charge >= 0.3 is 0 Å². The highest BCUT2D eigenvalue weighted by Gasteiger charge is 2.29. The number of aryl methyl sites for hydroxylation is 1. The Kier molecular flexibility index (Phi) is 5.01. The molecule has 25 heavy (non-hydrogen) atoms. The van der Waals surface area contributed by atoms with Crippen molar-refractivity contribution in [3.05, 3.63) is 72.5 Å². The van der Waals surface area contributed by atoms with Crippen LogP contribution in [0.2, 0.25) is 0 Å². The van der Waals surface area contributed by atoms with Gasteiger partial charge in [0.1, 0.15) is 0 Å². The van der Waals surface area contributed by atoms with Crippen molar-refractivity contribution in [1.82, 2.24) is 9.47 Å². The molecular weight excluding hydrogens is 304 g/mol. The summed E-state index contributed by atoms with van der Waals surface area (Å²) in [5, 5.41) is 1.42. The third kappa shape index (κ3) is 3.50. The number of benzene rings is 1. The second-order valence-electron chi connectivity index (χ2n) is 7.87. The van der Waals surface area contributed by atoms with E-state index in [-0.39, 0.29) is 5.54 Å². The van der Waals surface area contributed by atoms with Crippen molar-refractivity contribution in [2.24, 2.45) is 0 Å². The van der Waals surface area contributed by atoms with Crippen LogP contribution in [0.3, 0.4) is 0 Å². The van der Waals surface area contributed by atoms with Crippen LogP contribution in [0, 0.1) is 0 Å². The molecule has 0 saturated carbocycles. The highest BCUT2D eigenvalue weighted by Crippen LogP contribution is 2.33. The molecule has 1 aromatic carbocycles. The molecule has 1 aliphatic heterocycles. The van der Waals surface area contributed by atoms with Crippen LogP contribution in [0.15, 0.2) is 61.2 Å². The van der Waals surface area contributed by atoms with Gasteiger partial charge in [-0.05, 0) is 44.4 Å². The zero-order valence-corrected chi connectivity index (χ0v) is 15.9. The van der Waals surface area contributed by atoms with Gasteiger partial charge in [-0.2, -0.15) is 0 Å². The minimum Gasteiger partial charge on any atom is -0.344 e. The number of fused-ring (bicyclic) bond motifs is 3. The van der Waals surface area contributed by atoms with Crippen LogP contribution in [0.1, 0.15) is 38.4 Å². The monoisotopic (exact) mass is 334 g/mol. The Balaban J connectivity index is 1.99. The van der Waals surface area contributed by atoms with Crippen molar-refractivity contribution in [3.63, 3.8) is 0 Å². The summed E-state index contributed by atoms with van der Waals surface area (Å²) in [6, 6.07) is 8.86. The van der Waals surface area contributed by atoms with E-state index in [2.05, 4.69) is 73.7 Å². The molecule has 1 aliphatic rings. The first-order valence-corrected chi connectivity index (χ1v) is 9.23. The standard InChI is InChI=1S/C23H30N2/c1-6-10-18(7-2)13-16-25-21-12-9-8-11-19(21)20-17-24(23(3,4)5)15-14-22(20)25/h6-12H,1-2,13-17H2,3-5H3/b18-10+. The predicted octanol–water partition coefficient (Wildman–Crippen LogP) is 5.49. The Morgan fingerprint density at radius 2 is 1.96 bits per heavy atom. The second kappa shape index (κ2) is 7.05. The SMILES string of the molecule is C=C/C=C(\C=C)CCn1c2c(c3ccccc31)CN(C(C)(C)C)CC2. The van der Waals surface area contributed by atoms with Gasteiger partial charge in [0.25, 0.3) is 0 Å². The van der Waals surface area contributed by atoms with Crippen LogP contribution in [-0.4, -0.2) is 21.6 Å². The van der Waals surface area contributed by atoms with E-state index >= 15 is 0 Å². The molecule has 2 heteroatoms. The fraction of sp³-hybridized carbons (Fsp3) is 0.391. The fourth-order valence-corrected chi connectivity index (χ4v) is 3.87. The largest absolute Gasteiger partial charge is 0.344 e. The van der Waals surface area contributed by atoms with Gasteiger partial charge in [0.15, 0.2) is 0 Å². The van der Waals surface area contributed by atoms with Gasteiger partial charge in [0, 0.05) is 48.2 Å². The maximum atomic E-state index is 3.93. The lowest BCUT2D eigenvalue weighted by Crippen LogP contribution is -2.44. The first-order valence-electron chi connectivity index (χ1n) is 9.23. The Morgan fingerprint density at radius 3 is 2.64 bits per heavy atom. The summed E-state index contributed by atoms with van der Waals surface area (Å²) in [6.07, 6.45) is 7.97. The molecule has 0 spiro atoms. The number of nitrogens with zero attached hydrogens (tertiary/aromatic N) is 2. The van der Waals surface area contributed by atoms with Gasteiger partial charge in [-0.3, -0.25) is 4.90 Å². The van der Waals surface area contributed by atoms with Gasteiger partial charge in [-0.25, -0.2) is 0 Å². The maximum absolute atomic E-state index is 3.93. The molecule has 0 fully saturated rings. The van der Waals surface area contributed by atoms with E-state index in [4.69, 9.17) is 0 Å². The Morgan fingerprint density at radius 1 is 1.20 bits per heavy atom. The lowest BCUT2D eigenvalue weighted by Gasteiger charge is -2.38. The smallest absolute Gasteiger partial charge is 0.0486 e. The Hall–Kier alpha value is -2.06. The van der Waals surface area contributed by atoms with Crippen molar-refractivity contribution < 1.29 is 0 Å². The molecule has 1 aromatic heterocycles. The van der Waals surface area contributed by atoms with Gasteiger partial charge in [-0.1, -0.05) is 49.6 Å². The van der Waals surface area contributed by atoms with Crippen molar-refractivity contribution in [1.29, 1.82) is 0 Å². The summed E-state index contributed by atoms with van der Waals surface area (Å²) in [7, 11) is 0. The predicted molar refractivity (Wildman–Crippen MR) is 109 cm³/mol. The molecule has 2 aromatic rings. The maximum Gasteiger partial charge on any atom is 0.0486 e. The average molecular weight is 335 g/mol. The number of allylic oxidation sites excluding steroid dienone is 4. The summed E-state index contributed by atoms with van der Waals surface area (Å²) < 4.78 is 2.53. The van der Waals surface area contributed by atoms with Crippen LogP contribution in [0.4, 0.5) is 0 Å². The molecule has 3 rings (SSSR count). The molecule has 2 nitrogen and oxygen atoms in total. The zero-order chi connectivity index (χ0) is 18.0. The molecule has 0 N–H and O–H groups in total. The Labute approximate surface area is 152 Å². The highest BCUT2D eigenvalue weighted by atomic mass is 15.2. The molecule has 0 saturated heterocycles. The van der Waals surface area contributed by atoms with Crippen molar-refractivity contribution in [3.8, 4) is 0 Å². The van der Waals surface area contributed by atoms with E-state index in [1.807, 2.05) is 12.2 Å². The first-order chi connectivity index (χ1) is 12.0. The highest BCUT2D eigenvalue weighted by molar-refractivity contribution is 5.85. The van der Waals surface area contributed by atoms with Crippen LogP contribution in [-0.2, 0) is 19.5 Å². The summed E-state index contributed by atoms with van der Waals surface area (Å²) in [6.45, 7) is 17.9. The molecule has 0 amide bonds. The lowest BCUT2D eigenvalue weighted by molar-refractivity contribution is 0.120. The van der Waals surface area contributed by atoms with E-state index in [0.29, 0.717) is 0 Å². The molecular formula is C23H30N2. The molecule has 2 heterocycles. The van der Waals surface area contributed by atoms with Gasteiger partial charge < -0.3 is 4.57 Å². The normalized spacial score (nSPS) is 16.0. The average Bonchev–Trinajstić information content (AvgIpc) is 2.91. The third-order valence-electron chi connectivity index (χ3n) is 5.33. The quantitative estimate of drug-likeness (QED) is 0.657. The van der Waals surface area contributed by atoms with Crippen LogP contribution >= 0.6 is 0 Å². The molecule has 0 aliphatic carbocycles. The topological polar surface area (TPSA) is 8.17 Å². The molecule has 132 valence electrons. The first kappa shape index (κ1) is 17.8. The van der Waals surface area contributed by atoms with Crippen molar-refractivity contribution >= 4 is 10.9 Å². The third-order valence-corrected chi connectivity index (χ3v) is 5.33. The number of hydrogen-bond acceptors (Lipinski definition) is 1. The minimum atomic E-state index is 0.212. The molecule has 0 atom stereocenters. The number of hydrogen-bond donors (Lipinski definition) is 0. The summed E-state index contributed by atoms with van der Waals surface area (Å²) in [5.41, 5.74) is 5.86. The number of rotatable bonds is 5. The lowest BCUT2D eigenvalue weighted by atomic mass is 9.98. The van der Waals surface area contributed by atoms with Gasteiger partial charge in [0.2, 0.25) is 0 Å². The van der Waals surface area contributed by atoms with Crippen LogP contribution < -0.4 is 0 Å². The number of para-hydroxylation sites is 1. The summed E-state index contributed by atoms with van der Waals surface area (Å²) in [5.74, 6) is 0. The fourth-order valence-electron chi connectivity index (χ4n) is 3.87. The molecule has 0 bridgehead atoms. The zero-order valence-electron chi connectivity index (χ0n) is 15.9. The van der Waals surface area contributed by atoms with Crippen molar-refractivity contribution in [2.75, 3.05) is 6.54 Å². The minimum absolute atomic E-state index is 0.212. The summed E-state index contributed by atoms with van der Waals surface area (Å²) >= 11 is 0. The molecule has 0 radical (unpaired) electrons. The molecule has 0 unspecified atom stereocenters. The second-order valence-corrected chi connectivity index (χ2v) is 7.87. The number of aromatic nitrogens is 1. The van der Waals surface area contributed by atoms with Gasteiger partial charge in [0.05, 0.1) is 0 Å². The van der Waals surface area contributed by atoms with E-state index in [1.54, 1.807) is 0 Å². The summed E-state index contributed by atoms with van der Waals surface area (Å²) in [4.78, 5) is 2.60.